The van der Waals surface area contributed by atoms with Gasteiger partial charge in [0.05, 0.1) is 5.75 Å². The summed E-state index contributed by atoms with van der Waals surface area (Å²) in [5.74, 6) is -0.325. The zero-order valence-corrected chi connectivity index (χ0v) is 12.1. The summed E-state index contributed by atoms with van der Waals surface area (Å²) in [5, 5.41) is 3.53. The normalized spacial score (nSPS) is 12.5. The first-order valence-corrected chi connectivity index (χ1v) is 7.96. The third-order valence-electron chi connectivity index (χ3n) is 2.72. The minimum absolute atomic E-state index is 0.0108. The molecular weight excluding hydrogens is 325 g/mol. The molecule has 0 bridgehead atoms. The fourth-order valence-corrected chi connectivity index (χ4v) is 2.26. The van der Waals surface area contributed by atoms with Crippen LogP contribution in [-0.2, 0) is 22.4 Å². The largest absolute Gasteiger partial charge is 0.433 e. The fourth-order valence-electron chi connectivity index (χ4n) is 1.48. The SMILES string of the molecule is CCS(=O)(=O)CCc1noc(-c2cc(C(F)(F)F)ncn2)n1. The monoisotopic (exact) mass is 336 g/mol. The smallest absolute Gasteiger partial charge is 0.332 e. The molecule has 0 saturated carbocycles. The van der Waals surface area contributed by atoms with E-state index in [1.807, 2.05) is 0 Å². The molecule has 0 fully saturated rings. The van der Waals surface area contributed by atoms with Crippen molar-refractivity contribution in [1.82, 2.24) is 20.1 Å². The highest BCUT2D eigenvalue weighted by molar-refractivity contribution is 7.91. The number of aryl methyl sites for hydroxylation is 1. The van der Waals surface area contributed by atoms with E-state index in [9.17, 15) is 21.6 Å². The molecule has 2 aromatic heterocycles. The Kier molecular flexibility index (Phi) is 4.44. The maximum atomic E-state index is 12.6. The molecule has 0 aliphatic carbocycles. The van der Waals surface area contributed by atoms with Crippen molar-refractivity contribution in [2.24, 2.45) is 0 Å². The van der Waals surface area contributed by atoms with E-state index in [2.05, 4.69) is 20.1 Å². The lowest BCUT2D eigenvalue weighted by atomic mass is 10.3. The summed E-state index contributed by atoms with van der Waals surface area (Å²) >= 11 is 0. The summed E-state index contributed by atoms with van der Waals surface area (Å²) < 4.78 is 65.2. The van der Waals surface area contributed by atoms with E-state index in [1.54, 1.807) is 0 Å². The molecule has 0 atom stereocenters. The molecule has 2 rings (SSSR count). The highest BCUT2D eigenvalue weighted by atomic mass is 32.2. The van der Waals surface area contributed by atoms with Crippen LogP contribution in [0.1, 0.15) is 18.4 Å². The summed E-state index contributed by atoms with van der Waals surface area (Å²) in [4.78, 5) is 10.6. The molecule has 0 unspecified atom stereocenters. The number of nitrogens with zero attached hydrogens (tertiary/aromatic N) is 4. The second-order valence-corrected chi connectivity index (χ2v) is 6.76. The number of aromatic nitrogens is 4. The molecule has 0 amide bonds. The van der Waals surface area contributed by atoms with Gasteiger partial charge in [0, 0.05) is 18.2 Å². The van der Waals surface area contributed by atoms with Gasteiger partial charge >= 0.3 is 6.18 Å². The molecule has 0 aromatic carbocycles. The van der Waals surface area contributed by atoms with Crippen LogP contribution in [0.25, 0.3) is 11.6 Å². The van der Waals surface area contributed by atoms with Crippen molar-refractivity contribution in [3.05, 3.63) is 23.9 Å². The van der Waals surface area contributed by atoms with Crippen LogP contribution >= 0.6 is 0 Å². The average molecular weight is 336 g/mol. The first kappa shape index (κ1) is 16.3. The van der Waals surface area contributed by atoms with Crippen molar-refractivity contribution < 1.29 is 26.1 Å². The first-order valence-electron chi connectivity index (χ1n) is 6.14. The van der Waals surface area contributed by atoms with Gasteiger partial charge in [-0.3, -0.25) is 0 Å². The second kappa shape index (κ2) is 5.99. The maximum Gasteiger partial charge on any atom is 0.433 e. The van der Waals surface area contributed by atoms with Gasteiger partial charge < -0.3 is 4.52 Å². The van der Waals surface area contributed by atoms with Crippen LogP contribution in [0.4, 0.5) is 13.2 Å². The Morgan fingerprint density at radius 2 is 2.00 bits per heavy atom. The van der Waals surface area contributed by atoms with E-state index >= 15 is 0 Å². The Bertz CT molecular complexity index is 758. The van der Waals surface area contributed by atoms with Gasteiger partial charge in [0.1, 0.15) is 27.6 Å². The Balaban J connectivity index is 2.18. The topological polar surface area (TPSA) is 98.8 Å². The number of sulfone groups is 1. The third-order valence-corrected chi connectivity index (χ3v) is 4.43. The minimum atomic E-state index is -4.62. The van der Waals surface area contributed by atoms with Gasteiger partial charge in [-0.25, -0.2) is 18.4 Å². The summed E-state index contributed by atoms with van der Waals surface area (Å²) in [6, 6.07) is 0.681. The Morgan fingerprint density at radius 1 is 1.27 bits per heavy atom. The molecule has 0 radical (unpaired) electrons. The Hall–Kier alpha value is -2.04. The fraction of sp³-hybridized carbons (Fsp3) is 0.455. The van der Waals surface area contributed by atoms with Crippen molar-refractivity contribution in [3.63, 3.8) is 0 Å². The van der Waals surface area contributed by atoms with E-state index in [-0.39, 0.29) is 35.3 Å². The van der Waals surface area contributed by atoms with Gasteiger partial charge in [-0.1, -0.05) is 12.1 Å². The number of alkyl halides is 3. The van der Waals surface area contributed by atoms with Crippen LogP contribution in [0, 0.1) is 0 Å². The molecule has 0 aliphatic rings. The first-order chi connectivity index (χ1) is 10.2. The van der Waals surface area contributed by atoms with E-state index in [4.69, 9.17) is 4.52 Å². The molecule has 7 nitrogen and oxygen atoms in total. The lowest BCUT2D eigenvalue weighted by molar-refractivity contribution is -0.141. The van der Waals surface area contributed by atoms with Crippen LogP contribution in [-0.4, -0.2) is 40.0 Å². The summed E-state index contributed by atoms with van der Waals surface area (Å²) in [6.07, 6.45) is -3.86. The van der Waals surface area contributed by atoms with Crippen LogP contribution < -0.4 is 0 Å². The minimum Gasteiger partial charge on any atom is -0.332 e. The molecule has 2 heterocycles. The molecule has 120 valence electrons. The Labute approximate surface area is 123 Å². The number of hydrogen-bond donors (Lipinski definition) is 0. The highest BCUT2D eigenvalue weighted by Crippen LogP contribution is 2.29. The van der Waals surface area contributed by atoms with E-state index in [0.717, 1.165) is 6.33 Å². The summed E-state index contributed by atoms with van der Waals surface area (Å²) in [5.41, 5.74) is -1.31. The zero-order chi connectivity index (χ0) is 16.4. The lowest BCUT2D eigenvalue weighted by Crippen LogP contribution is -2.11. The zero-order valence-electron chi connectivity index (χ0n) is 11.3. The molecule has 22 heavy (non-hydrogen) atoms. The van der Waals surface area contributed by atoms with Crippen molar-refractivity contribution >= 4 is 9.84 Å². The van der Waals surface area contributed by atoms with E-state index in [0.29, 0.717) is 6.07 Å². The lowest BCUT2D eigenvalue weighted by Gasteiger charge is -2.04. The van der Waals surface area contributed by atoms with Gasteiger partial charge in [-0.2, -0.15) is 18.2 Å². The van der Waals surface area contributed by atoms with E-state index < -0.39 is 21.7 Å². The van der Waals surface area contributed by atoms with Gasteiger partial charge in [-0.15, -0.1) is 0 Å². The molecular formula is C11H11F3N4O3S. The third kappa shape index (κ3) is 4.00. The second-order valence-electron chi connectivity index (χ2n) is 4.29. The highest BCUT2D eigenvalue weighted by Gasteiger charge is 2.33. The van der Waals surface area contributed by atoms with Gasteiger partial charge in [0.2, 0.25) is 0 Å². The van der Waals surface area contributed by atoms with E-state index in [1.165, 1.54) is 6.92 Å². The quantitative estimate of drug-likeness (QED) is 0.816. The van der Waals surface area contributed by atoms with Gasteiger partial charge in [0.15, 0.2) is 5.82 Å². The predicted molar refractivity (Wildman–Crippen MR) is 68.4 cm³/mol. The van der Waals surface area contributed by atoms with Crippen LogP contribution in [0.15, 0.2) is 16.9 Å². The van der Waals surface area contributed by atoms with Crippen molar-refractivity contribution in [2.45, 2.75) is 19.5 Å². The molecule has 0 aliphatic heterocycles. The molecule has 0 N–H and O–H groups in total. The standard InChI is InChI=1S/C11H11F3N4O3S/c1-2-22(19,20)4-3-9-17-10(21-18-9)7-5-8(11(12,13)14)16-6-15-7/h5-6H,2-4H2,1H3. The van der Waals surface area contributed by atoms with Crippen LogP contribution in [0.2, 0.25) is 0 Å². The Morgan fingerprint density at radius 3 is 2.64 bits per heavy atom. The van der Waals surface area contributed by atoms with Gasteiger partial charge in [-0.05, 0) is 0 Å². The number of rotatable bonds is 5. The van der Waals surface area contributed by atoms with Crippen molar-refractivity contribution in [3.8, 4) is 11.6 Å². The van der Waals surface area contributed by atoms with Gasteiger partial charge in [0.25, 0.3) is 5.89 Å². The molecule has 11 heteroatoms. The molecule has 0 saturated heterocycles. The average Bonchev–Trinajstić information content (AvgIpc) is 2.94. The summed E-state index contributed by atoms with van der Waals surface area (Å²) in [7, 11) is -3.20. The predicted octanol–water partition coefficient (Wildman–Crippen LogP) is 1.52. The van der Waals surface area contributed by atoms with Crippen molar-refractivity contribution in [2.75, 3.05) is 11.5 Å². The maximum absolute atomic E-state index is 12.6. The number of hydrogen-bond acceptors (Lipinski definition) is 7. The molecule has 2 aromatic rings. The summed E-state index contributed by atoms with van der Waals surface area (Å²) in [6.45, 7) is 1.51. The number of halogens is 3. The van der Waals surface area contributed by atoms with Crippen LogP contribution in [0.5, 0.6) is 0 Å². The van der Waals surface area contributed by atoms with Crippen molar-refractivity contribution in [1.29, 1.82) is 0 Å². The molecule has 0 spiro atoms. The van der Waals surface area contributed by atoms with Crippen LogP contribution in [0.3, 0.4) is 0 Å².